The highest BCUT2D eigenvalue weighted by Crippen LogP contribution is 2.24. The maximum atomic E-state index is 9.21. The molecule has 4 nitrogen and oxygen atoms in total. The van der Waals surface area contributed by atoms with Crippen LogP contribution in [0.5, 0.6) is 0 Å². The molecule has 19 heavy (non-hydrogen) atoms. The Bertz CT molecular complexity index is 576. The van der Waals surface area contributed by atoms with Crippen LogP contribution < -0.4 is 5.32 Å². The van der Waals surface area contributed by atoms with E-state index in [0.717, 1.165) is 16.8 Å². The molecule has 1 aromatic heterocycles. The number of nitriles is 1. The monoisotopic (exact) mass is 253 g/mol. The summed E-state index contributed by atoms with van der Waals surface area (Å²) in [5.41, 5.74) is 3.44. The van der Waals surface area contributed by atoms with Crippen molar-refractivity contribution in [3.63, 3.8) is 0 Å². The van der Waals surface area contributed by atoms with Gasteiger partial charge in [0, 0.05) is 31.6 Å². The molecule has 0 aliphatic heterocycles. The first-order valence-corrected chi connectivity index (χ1v) is 6.02. The SMILES string of the molecule is COCCNc1ccc(-c2cccnc2)cc1C#N. The Balaban J connectivity index is 2.24. The molecule has 0 unspecified atom stereocenters. The van der Waals surface area contributed by atoms with E-state index in [1.807, 2.05) is 30.3 Å². The van der Waals surface area contributed by atoms with Crippen LogP contribution in [0.25, 0.3) is 11.1 Å². The Morgan fingerprint density at radius 1 is 1.32 bits per heavy atom. The first kappa shape index (κ1) is 13.1. The molecular weight excluding hydrogens is 238 g/mol. The largest absolute Gasteiger partial charge is 0.383 e. The van der Waals surface area contributed by atoms with Crippen LogP contribution in [-0.2, 0) is 4.74 Å². The molecule has 0 amide bonds. The van der Waals surface area contributed by atoms with Crippen LogP contribution in [0.15, 0.2) is 42.7 Å². The van der Waals surface area contributed by atoms with E-state index < -0.39 is 0 Å². The lowest BCUT2D eigenvalue weighted by Crippen LogP contribution is -2.08. The van der Waals surface area contributed by atoms with Crippen molar-refractivity contribution >= 4 is 5.69 Å². The standard InChI is InChI=1S/C15H15N3O/c1-19-8-7-18-15-5-4-12(9-14(15)10-16)13-3-2-6-17-11-13/h2-6,9,11,18H,7-8H2,1H3. The summed E-state index contributed by atoms with van der Waals surface area (Å²) < 4.78 is 4.98. The highest BCUT2D eigenvalue weighted by atomic mass is 16.5. The van der Waals surface area contributed by atoms with E-state index >= 15 is 0 Å². The number of rotatable bonds is 5. The van der Waals surface area contributed by atoms with Crippen LogP contribution in [0.3, 0.4) is 0 Å². The van der Waals surface area contributed by atoms with E-state index in [4.69, 9.17) is 4.74 Å². The van der Waals surface area contributed by atoms with Crippen molar-refractivity contribution < 1.29 is 4.74 Å². The van der Waals surface area contributed by atoms with Gasteiger partial charge in [0.05, 0.1) is 17.9 Å². The fourth-order valence-corrected chi connectivity index (χ4v) is 1.79. The van der Waals surface area contributed by atoms with Gasteiger partial charge in [-0.05, 0) is 23.8 Å². The summed E-state index contributed by atoms with van der Waals surface area (Å²) in [5, 5.41) is 12.4. The number of anilines is 1. The molecule has 0 fully saturated rings. The molecule has 0 atom stereocenters. The van der Waals surface area contributed by atoms with Crippen LogP contribution in [0.4, 0.5) is 5.69 Å². The van der Waals surface area contributed by atoms with Crippen molar-refractivity contribution in [2.24, 2.45) is 0 Å². The minimum Gasteiger partial charge on any atom is -0.383 e. The molecule has 96 valence electrons. The Morgan fingerprint density at radius 3 is 2.89 bits per heavy atom. The number of methoxy groups -OCH3 is 1. The number of benzene rings is 1. The van der Waals surface area contributed by atoms with Gasteiger partial charge in [0.2, 0.25) is 0 Å². The second-order valence-electron chi connectivity index (χ2n) is 4.03. The highest BCUT2D eigenvalue weighted by molar-refractivity contribution is 5.70. The molecule has 4 heteroatoms. The van der Waals surface area contributed by atoms with Gasteiger partial charge >= 0.3 is 0 Å². The van der Waals surface area contributed by atoms with Gasteiger partial charge in [0.1, 0.15) is 6.07 Å². The zero-order chi connectivity index (χ0) is 13.5. The summed E-state index contributed by atoms with van der Waals surface area (Å²) in [6.07, 6.45) is 3.52. The summed E-state index contributed by atoms with van der Waals surface area (Å²) in [6, 6.07) is 11.8. The molecule has 0 aliphatic carbocycles. The number of ether oxygens (including phenoxy) is 1. The molecule has 0 bridgehead atoms. The molecule has 0 radical (unpaired) electrons. The van der Waals surface area contributed by atoms with Crippen LogP contribution in [0.1, 0.15) is 5.56 Å². The lowest BCUT2D eigenvalue weighted by Gasteiger charge is -2.09. The van der Waals surface area contributed by atoms with E-state index in [9.17, 15) is 5.26 Å². The third-order valence-electron chi connectivity index (χ3n) is 2.76. The van der Waals surface area contributed by atoms with Crippen LogP contribution in [0.2, 0.25) is 0 Å². The summed E-state index contributed by atoms with van der Waals surface area (Å²) in [7, 11) is 1.65. The first-order chi connectivity index (χ1) is 9.35. The van der Waals surface area contributed by atoms with Gasteiger partial charge in [-0.1, -0.05) is 12.1 Å². The van der Waals surface area contributed by atoms with Crippen LogP contribution >= 0.6 is 0 Å². The normalized spacial score (nSPS) is 9.89. The Morgan fingerprint density at radius 2 is 2.21 bits per heavy atom. The molecule has 2 aromatic rings. The minimum atomic E-state index is 0.606. The minimum absolute atomic E-state index is 0.606. The van der Waals surface area contributed by atoms with Crippen molar-refractivity contribution in [2.75, 3.05) is 25.6 Å². The number of nitrogens with zero attached hydrogens (tertiary/aromatic N) is 2. The second kappa shape index (κ2) is 6.53. The summed E-state index contributed by atoms with van der Waals surface area (Å²) in [6.45, 7) is 1.28. The molecule has 1 aromatic carbocycles. The summed E-state index contributed by atoms with van der Waals surface area (Å²) in [5.74, 6) is 0. The average Bonchev–Trinajstić information content (AvgIpc) is 2.48. The van der Waals surface area contributed by atoms with Gasteiger partial charge in [-0.3, -0.25) is 4.98 Å². The van der Waals surface area contributed by atoms with E-state index in [1.165, 1.54) is 0 Å². The first-order valence-electron chi connectivity index (χ1n) is 6.02. The predicted octanol–water partition coefficient (Wildman–Crippen LogP) is 2.68. The molecule has 1 N–H and O–H groups in total. The van der Waals surface area contributed by atoms with Crippen molar-refractivity contribution in [2.45, 2.75) is 0 Å². The molecule has 0 aliphatic rings. The predicted molar refractivity (Wildman–Crippen MR) is 74.8 cm³/mol. The van der Waals surface area contributed by atoms with E-state index in [1.54, 1.807) is 19.5 Å². The second-order valence-corrected chi connectivity index (χ2v) is 4.03. The fraction of sp³-hybridized carbons (Fsp3) is 0.200. The molecule has 1 heterocycles. The third kappa shape index (κ3) is 3.30. The molecule has 0 saturated heterocycles. The number of hydrogen-bond donors (Lipinski definition) is 1. The van der Waals surface area contributed by atoms with Crippen LogP contribution in [0, 0.1) is 11.3 Å². The van der Waals surface area contributed by atoms with Gasteiger partial charge < -0.3 is 10.1 Å². The van der Waals surface area contributed by atoms with Gasteiger partial charge in [0.25, 0.3) is 0 Å². The summed E-state index contributed by atoms with van der Waals surface area (Å²) in [4.78, 5) is 4.08. The topological polar surface area (TPSA) is 57.9 Å². The Kier molecular flexibility index (Phi) is 4.49. The zero-order valence-corrected chi connectivity index (χ0v) is 10.8. The highest BCUT2D eigenvalue weighted by Gasteiger charge is 2.04. The van der Waals surface area contributed by atoms with E-state index in [0.29, 0.717) is 18.7 Å². The number of aromatic nitrogens is 1. The Labute approximate surface area is 112 Å². The van der Waals surface area contributed by atoms with Gasteiger partial charge in [-0.15, -0.1) is 0 Å². The fourth-order valence-electron chi connectivity index (χ4n) is 1.79. The average molecular weight is 253 g/mol. The van der Waals surface area contributed by atoms with Crippen molar-refractivity contribution in [1.29, 1.82) is 5.26 Å². The van der Waals surface area contributed by atoms with Crippen molar-refractivity contribution in [3.05, 3.63) is 48.3 Å². The lowest BCUT2D eigenvalue weighted by atomic mass is 10.0. The van der Waals surface area contributed by atoms with E-state index in [-0.39, 0.29) is 0 Å². The van der Waals surface area contributed by atoms with Crippen molar-refractivity contribution in [3.8, 4) is 17.2 Å². The van der Waals surface area contributed by atoms with Gasteiger partial charge in [0.15, 0.2) is 0 Å². The quantitative estimate of drug-likeness (QED) is 0.832. The van der Waals surface area contributed by atoms with Gasteiger partial charge in [-0.2, -0.15) is 5.26 Å². The third-order valence-corrected chi connectivity index (χ3v) is 2.76. The maximum Gasteiger partial charge on any atom is 0.101 e. The zero-order valence-electron chi connectivity index (χ0n) is 10.8. The molecule has 0 spiro atoms. The van der Waals surface area contributed by atoms with E-state index in [2.05, 4.69) is 16.4 Å². The smallest absolute Gasteiger partial charge is 0.101 e. The van der Waals surface area contributed by atoms with Gasteiger partial charge in [-0.25, -0.2) is 0 Å². The lowest BCUT2D eigenvalue weighted by molar-refractivity contribution is 0.211. The summed E-state index contributed by atoms with van der Waals surface area (Å²) >= 11 is 0. The molecule has 0 saturated carbocycles. The number of pyridine rings is 1. The number of hydrogen-bond acceptors (Lipinski definition) is 4. The van der Waals surface area contributed by atoms with Crippen LogP contribution in [-0.4, -0.2) is 25.2 Å². The maximum absolute atomic E-state index is 9.21. The molecular formula is C15H15N3O. The molecule has 2 rings (SSSR count). The number of nitrogens with one attached hydrogen (secondary N) is 1. The Hall–Kier alpha value is -2.38. The van der Waals surface area contributed by atoms with Crippen molar-refractivity contribution in [1.82, 2.24) is 4.98 Å².